The fraction of sp³-hybridized carbons (Fsp3) is 0.333. The first-order chi connectivity index (χ1) is 13.8. The normalized spacial score (nSPS) is 12.6. The highest BCUT2D eigenvalue weighted by Crippen LogP contribution is 2.20. The van der Waals surface area contributed by atoms with Crippen LogP contribution in [-0.2, 0) is 14.8 Å². The van der Waals surface area contributed by atoms with E-state index < -0.39 is 22.0 Å². The van der Waals surface area contributed by atoms with E-state index in [9.17, 15) is 13.2 Å². The largest absolute Gasteiger partial charge is 0.372 e. The molecule has 0 fully saturated rings. The maximum absolute atomic E-state index is 12.5. The Morgan fingerprint density at radius 3 is 2.14 bits per heavy atom. The number of amides is 1. The Labute approximate surface area is 173 Å². The van der Waals surface area contributed by atoms with Gasteiger partial charge in [-0.15, -0.1) is 0 Å². The molecule has 2 aromatic carbocycles. The van der Waals surface area contributed by atoms with E-state index in [-0.39, 0.29) is 0 Å². The first-order valence-corrected chi connectivity index (χ1v) is 11.3. The van der Waals surface area contributed by atoms with Crippen molar-refractivity contribution in [2.75, 3.05) is 28.6 Å². The second-order valence-electron chi connectivity index (χ2n) is 6.57. The van der Waals surface area contributed by atoms with E-state index in [0.29, 0.717) is 5.69 Å². The molecule has 2 aromatic rings. The average Bonchev–Trinajstić information content (AvgIpc) is 2.70. The fourth-order valence-electron chi connectivity index (χ4n) is 3.01. The van der Waals surface area contributed by atoms with Gasteiger partial charge in [0.15, 0.2) is 0 Å². The van der Waals surface area contributed by atoms with Crippen molar-refractivity contribution in [1.82, 2.24) is 5.43 Å². The van der Waals surface area contributed by atoms with Crippen LogP contribution < -0.4 is 14.6 Å². The lowest BCUT2D eigenvalue weighted by atomic mass is 10.2. The average molecular weight is 417 g/mol. The molecule has 0 spiro atoms. The Kier molecular flexibility index (Phi) is 7.78. The highest BCUT2D eigenvalue weighted by atomic mass is 32.2. The zero-order valence-electron chi connectivity index (χ0n) is 17.2. The van der Waals surface area contributed by atoms with Crippen LogP contribution in [0.15, 0.2) is 59.7 Å². The number of sulfonamides is 1. The fourth-order valence-corrected chi connectivity index (χ4v) is 4.18. The molecule has 0 saturated carbocycles. The lowest BCUT2D eigenvalue weighted by molar-refractivity contribution is -0.121. The van der Waals surface area contributed by atoms with Gasteiger partial charge in [0.1, 0.15) is 6.04 Å². The molecule has 0 radical (unpaired) electrons. The molecule has 2 rings (SSSR count). The number of hydrogen-bond donors (Lipinski definition) is 1. The van der Waals surface area contributed by atoms with E-state index >= 15 is 0 Å². The number of hydrogen-bond acceptors (Lipinski definition) is 5. The number of carbonyl (C=O) groups excluding carboxylic acids is 1. The third-order valence-corrected chi connectivity index (χ3v) is 5.75. The SMILES string of the molecule is CCN(CC)c1ccc(/C=N\NC(=O)[C@H](C)N(c2ccccc2)S(C)(=O)=O)cc1. The molecular formula is C21H28N4O3S. The molecule has 1 amide bonds. The molecule has 8 heteroatoms. The van der Waals surface area contributed by atoms with Crippen LogP contribution in [-0.4, -0.2) is 45.9 Å². The Hall–Kier alpha value is -2.87. The molecule has 0 heterocycles. The van der Waals surface area contributed by atoms with Crippen LogP contribution in [0.2, 0.25) is 0 Å². The second kappa shape index (κ2) is 10.1. The van der Waals surface area contributed by atoms with E-state index in [1.807, 2.05) is 24.3 Å². The van der Waals surface area contributed by atoms with Crippen molar-refractivity contribution < 1.29 is 13.2 Å². The summed E-state index contributed by atoms with van der Waals surface area (Å²) in [4.78, 5) is 14.7. The number of para-hydroxylation sites is 1. The lowest BCUT2D eigenvalue weighted by Crippen LogP contribution is -2.46. The molecule has 0 aliphatic heterocycles. The highest BCUT2D eigenvalue weighted by molar-refractivity contribution is 7.92. The molecule has 0 unspecified atom stereocenters. The molecule has 1 atom stereocenters. The van der Waals surface area contributed by atoms with Crippen molar-refractivity contribution in [3.05, 3.63) is 60.2 Å². The molecule has 0 aliphatic carbocycles. The van der Waals surface area contributed by atoms with Crippen LogP contribution in [0, 0.1) is 0 Å². The van der Waals surface area contributed by atoms with E-state index in [1.54, 1.807) is 30.3 Å². The third-order valence-electron chi connectivity index (χ3n) is 4.51. The van der Waals surface area contributed by atoms with Gasteiger partial charge in [0.05, 0.1) is 18.2 Å². The summed E-state index contributed by atoms with van der Waals surface area (Å²) < 4.78 is 25.5. The molecule has 29 heavy (non-hydrogen) atoms. The molecule has 7 nitrogen and oxygen atoms in total. The van der Waals surface area contributed by atoms with Crippen molar-refractivity contribution in [3.8, 4) is 0 Å². The van der Waals surface area contributed by atoms with Gasteiger partial charge in [-0.1, -0.05) is 30.3 Å². The summed E-state index contributed by atoms with van der Waals surface area (Å²) in [5, 5.41) is 3.98. The Morgan fingerprint density at radius 1 is 1.03 bits per heavy atom. The van der Waals surface area contributed by atoms with E-state index in [2.05, 4.69) is 29.3 Å². The minimum absolute atomic E-state index is 0.425. The summed E-state index contributed by atoms with van der Waals surface area (Å²) in [7, 11) is -3.64. The Morgan fingerprint density at radius 2 is 1.62 bits per heavy atom. The number of carbonyl (C=O) groups is 1. The molecule has 0 aliphatic rings. The Bertz CT molecular complexity index is 924. The van der Waals surface area contributed by atoms with Crippen molar-refractivity contribution >= 4 is 33.5 Å². The van der Waals surface area contributed by atoms with Gasteiger partial charge in [-0.2, -0.15) is 5.10 Å². The van der Waals surface area contributed by atoms with Crippen LogP contribution in [0.1, 0.15) is 26.3 Å². The molecule has 0 aromatic heterocycles. The number of benzene rings is 2. The summed E-state index contributed by atoms with van der Waals surface area (Å²) in [5.41, 5.74) is 4.80. The van der Waals surface area contributed by atoms with Gasteiger partial charge < -0.3 is 4.90 Å². The lowest BCUT2D eigenvalue weighted by Gasteiger charge is -2.27. The Balaban J connectivity index is 2.07. The monoisotopic (exact) mass is 416 g/mol. The quantitative estimate of drug-likeness (QED) is 0.503. The molecule has 0 bridgehead atoms. The third kappa shape index (κ3) is 6.05. The molecule has 156 valence electrons. The van der Waals surface area contributed by atoms with Gasteiger partial charge in [-0.3, -0.25) is 9.10 Å². The molecule has 1 N–H and O–H groups in total. The number of anilines is 2. The first-order valence-electron chi connectivity index (χ1n) is 9.50. The smallest absolute Gasteiger partial charge is 0.263 e. The summed E-state index contributed by atoms with van der Waals surface area (Å²) in [6.45, 7) is 7.58. The van der Waals surface area contributed by atoms with Gasteiger partial charge in [-0.25, -0.2) is 13.8 Å². The van der Waals surface area contributed by atoms with Crippen LogP contribution in [0.5, 0.6) is 0 Å². The standard InChI is InChI=1S/C21H28N4O3S/c1-5-24(6-2)19-14-12-18(13-15-19)16-22-23-21(26)17(3)25(29(4,27)28)20-10-8-7-9-11-20/h7-17H,5-6H2,1-4H3,(H,23,26)/b22-16-/t17-/m0/s1. The number of nitrogens with zero attached hydrogens (tertiary/aromatic N) is 3. The van der Waals surface area contributed by atoms with Crippen LogP contribution in [0.25, 0.3) is 0 Å². The molecule has 0 saturated heterocycles. The van der Waals surface area contributed by atoms with Gasteiger partial charge in [0.2, 0.25) is 10.0 Å². The topological polar surface area (TPSA) is 82.1 Å². The van der Waals surface area contributed by atoms with Crippen LogP contribution in [0.3, 0.4) is 0 Å². The summed E-state index contributed by atoms with van der Waals surface area (Å²) in [6.07, 6.45) is 2.61. The summed E-state index contributed by atoms with van der Waals surface area (Å²) >= 11 is 0. The van der Waals surface area contributed by atoms with Gasteiger partial charge in [0, 0.05) is 18.8 Å². The van der Waals surface area contributed by atoms with E-state index in [4.69, 9.17) is 0 Å². The van der Waals surface area contributed by atoms with Crippen molar-refractivity contribution in [3.63, 3.8) is 0 Å². The van der Waals surface area contributed by atoms with Gasteiger partial charge >= 0.3 is 0 Å². The number of hydrazone groups is 1. The number of rotatable bonds is 9. The minimum atomic E-state index is -3.64. The zero-order chi connectivity index (χ0) is 21.4. The van der Waals surface area contributed by atoms with Crippen molar-refractivity contribution in [1.29, 1.82) is 0 Å². The first kappa shape index (κ1) is 22.4. The van der Waals surface area contributed by atoms with Crippen LogP contribution >= 0.6 is 0 Å². The van der Waals surface area contributed by atoms with Crippen molar-refractivity contribution in [2.45, 2.75) is 26.8 Å². The summed E-state index contributed by atoms with van der Waals surface area (Å²) in [6, 6.07) is 15.4. The minimum Gasteiger partial charge on any atom is -0.372 e. The maximum Gasteiger partial charge on any atom is 0.263 e. The van der Waals surface area contributed by atoms with Gasteiger partial charge in [-0.05, 0) is 50.6 Å². The second-order valence-corrected chi connectivity index (χ2v) is 8.43. The zero-order valence-corrected chi connectivity index (χ0v) is 18.1. The van der Waals surface area contributed by atoms with E-state index in [1.165, 1.54) is 13.1 Å². The number of nitrogens with one attached hydrogen (secondary N) is 1. The summed E-state index contributed by atoms with van der Waals surface area (Å²) in [5.74, 6) is -0.518. The maximum atomic E-state index is 12.5. The van der Waals surface area contributed by atoms with Crippen molar-refractivity contribution in [2.24, 2.45) is 5.10 Å². The highest BCUT2D eigenvalue weighted by Gasteiger charge is 2.28. The van der Waals surface area contributed by atoms with Crippen LogP contribution in [0.4, 0.5) is 11.4 Å². The predicted molar refractivity (Wildman–Crippen MR) is 119 cm³/mol. The van der Waals surface area contributed by atoms with Gasteiger partial charge in [0.25, 0.3) is 5.91 Å². The van der Waals surface area contributed by atoms with E-state index in [0.717, 1.165) is 34.9 Å². The predicted octanol–water partition coefficient (Wildman–Crippen LogP) is 2.84. The molecular weight excluding hydrogens is 388 g/mol.